The number of aliphatic imine (C=N–C) groups is 1. The molecule has 1 nitrogen and oxygen atoms in total. The van der Waals surface area contributed by atoms with Crippen LogP contribution in [0, 0.1) is 5.41 Å². The molecule has 0 spiro atoms. The molecule has 0 aliphatic heterocycles. The van der Waals surface area contributed by atoms with Crippen molar-refractivity contribution in [2.75, 3.05) is 6.54 Å². The van der Waals surface area contributed by atoms with Crippen LogP contribution in [0.1, 0.15) is 26.7 Å². The maximum absolute atomic E-state index is 4.30. The predicted molar refractivity (Wildman–Crippen MR) is 54.7 cm³/mol. The molecular formula is C11H17N. The summed E-state index contributed by atoms with van der Waals surface area (Å²) in [5.74, 6) is 0. The maximum Gasteiger partial charge on any atom is 0.0357 e. The van der Waals surface area contributed by atoms with Crippen LogP contribution in [-0.2, 0) is 0 Å². The topological polar surface area (TPSA) is 12.4 Å². The monoisotopic (exact) mass is 163 g/mol. The van der Waals surface area contributed by atoms with E-state index in [1.54, 1.807) is 0 Å². The molecule has 0 bridgehead atoms. The van der Waals surface area contributed by atoms with Crippen molar-refractivity contribution in [1.82, 2.24) is 0 Å². The van der Waals surface area contributed by atoms with Gasteiger partial charge < -0.3 is 0 Å². The molecule has 0 fully saturated rings. The second kappa shape index (κ2) is 4.24. The van der Waals surface area contributed by atoms with Gasteiger partial charge in [0.25, 0.3) is 0 Å². The van der Waals surface area contributed by atoms with Gasteiger partial charge in [-0.15, -0.1) is 0 Å². The first kappa shape index (κ1) is 9.24. The molecule has 1 unspecified atom stereocenters. The Balaban J connectivity index is 2.64. The van der Waals surface area contributed by atoms with Crippen molar-refractivity contribution in [1.29, 1.82) is 0 Å². The highest BCUT2D eigenvalue weighted by atomic mass is 14.7. The van der Waals surface area contributed by atoms with E-state index in [1.807, 2.05) is 0 Å². The second-order valence-electron chi connectivity index (χ2n) is 3.46. The highest BCUT2D eigenvalue weighted by Gasteiger charge is 2.17. The van der Waals surface area contributed by atoms with E-state index < -0.39 is 0 Å². The third-order valence-corrected chi connectivity index (χ3v) is 2.14. The van der Waals surface area contributed by atoms with Crippen molar-refractivity contribution in [3.8, 4) is 0 Å². The lowest BCUT2D eigenvalue weighted by molar-refractivity contribution is 0.559. The molecule has 0 radical (unpaired) electrons. The Morgan fingerprint density at radius 1 is 1.50 bits per heavy atom. The van der Waals surface area contributed by atoms with Gasteiger partial charge >= 0.3 is 0 Å². The SMILES string of the molecule is CCN=CC1(C)C=CC=CCC1. The normalized spacial score (nSPS) is 29.5. The number of nitrogens with zero attached hydrogens (tertiary/aromatic N) is 1. The standard InChI is InChI=1S/C11H17N/c1-3-12-10-11(2)8-6-4-5-7-9-11/h4-6,8,10H,3,7,9H2,1-2H3. The Hall–Kier alpha value is -0.850. The lowest BCUT2D eigenvalue weighted by Crippen LogP contribution is -2.14. The third-order valence-electron chi connectivity index (χ3n) is 2.14. The van der Waals surface area contributed by atoms with Gasteiger partial charge in [0.05, 0.1) is 0 Å². The predicted octanol–water partition coefficient (Wildman–Crippen LogP) is 2.99. The van der Waals surface area contributed by atoms with Gasteiger partial charge in [0.15, 0.2) is 0 Å². The fraction of sp³-hybridized carbons (Fsp3) is 0.545. The van der Waals surface area contributed by atoms with E-state index >= 15 is 0 Å². The van der Waals surface area contributed by atoms with E-state index in [2.05, 4.69) is 49.4 Å². The summed E-state index contributed by atoms with van der Waals surface area (Å²) in [6.45, 7) is 5.19. The highest BCUT2D eigenvalue weighted by molar-refractivity contribution is 5.68. The number of allylic oxidation sites excluding steroid dienone is 4. The Labute approximate surface area is 74.9 Å². The lowest BCUT2D eigenvalue weighted by Gasteiger charge is -2.18. The molecule has 0 saturated heterocycles. The summed E-state index contributed by atoms with van der Waals surface area (Å²) in [5, 5.41) is 0. The van der Waals surface area contributed by atoms with E-state index in [0.717, 1.165) is 13.0 Å². The molecule has 1 rings (SSSR count). The average Bonchev–Trinajstić information content (AvgIpc) is 2.27. The Kier molecular flexibility index (Phi) is 3.27. The molecule has 1 heteroatoms. The van der Waals surface area contributed by atoms with E-state index in [4.69, 9.17) is 0 Å². The average molecular weight is 163 g/mol. The smallest absolute Gasteiger partial charge is 0.0357 e. The Morgan fingerprint density at radius 3 is 3.08 bits per heavy atom. The van der Waals surface area contributed by atoms with Gasteiger partial charge in [-0.3, -0.25) is 4.99 Å². The van der Waals surface area contributed by atoms with Crippen LogP contribution in [0.3, 0.4) is 0 Å². The summed E-state index contributed by atoms with van der Waals surface area (Å²) in [7, 11) is 0. The molecule has 1 atom stereocenters. The van der Waals surface area contributed by atoms with Gasteiger partial charge in [-0.2, -0.15) is 0 Å². The second-order valence-corrected chi connectivity index (χ2v) is 3.46. The molecule has 0 saturated carbocycles. The molecule has 0 amide bonds. The van der Waals surface area contributed by atoms with Crippen molar-refractivity contribution in [2.45, 2.75) is 26.7 Å². The van der Waals surface area contributed by atoms with Crippen LogP contribution < -0.4 is 0 Å². The van der Waals surface area contributed by atoms with Crippen LogP contribution in [0.5, 0.6) is 0 Å². The summed E-state index contributed by atoms with van der Waals surface area (Å²) < 4.78 is 0. The zero-order valence-electron chi connectivity index (χ0n) is 7.96. The molecule has 0 aromatic heterocycles. The van der Waals surface area contributed by atoms with Crippen LogP contribution in [0.4, 0.5) is 0 Å². The summed E-state index contributed by atoms with van der Waals surface area (Å²) in [5.41, 5.74) is 0.180. The molecule has 0 N–H and O–H groups in total. The minimum atomic E-state index is 0.180. The van der Waals surface area contributed by atoms with Gasteiger partial charge in [-0.05, 0) is 19.8 Å². The fourth-order valence-electron chi connectivity index (χ4n) is 1.34. The van der Waals surface area contributed by atoms with Crippen molar-refractivity contribution in [3.05, 3.63) is 24.3 Å². The van der Waals surface area contributed by atoms with Crippen molar-refractivity contribution in [3.63, 3.8) is 0 Å². The fourth-order valence-corrected chi connectivity index (χ4v) is 1.34. The first-order valence-corrected chi connectivity index (χ1v) is 4.62. The molecule has 0 aromatic rings. The molecule has 1 aliphatic rings. The summed E-state index contributed by atoms with van der Waals surface area (Å²) in [4.78, 5) is 4.30. The quantitative estimate of drug-likeness (QED) is 0.555. The third kappa shape index (κ3) is 2.65. The van der Waals surface area contributed by atoms with E-state index in [-0.39, 0.29) is 5.41 Å². The van der Waals surface area contributed by atoms with Crippen LogP contribution in [-0.4, -0.2) is 12.8 Å². The first-order chi connectivity index (χ1) is 5.77. The Bertz CT molecular complexity index is 213. The van der Waals surface area contributed by atoms with Crippen LogP contribution >= 0.6 is 0 Å². The van der Waals surface area contributed by atoms with Crippen LogP contribution in [0.2, 0.25) is 0 Å². The van der Waals surface area contributed by atoms with Gasteiger partial charge in [0.2, 0.25) is 0 Å². The van der Waals surface area contributed by atoms with Crippen molar-refractivity contribution >= 4 is 6.21 Å². The number of hydrogen-bond acceptors (Lipinski definition) is 1. The molecule has 0 aromatic carbocycles. The summed E-state index contributed by atoms with van der Waals surface area (Å²) in [6.07, 6.45) is 13.1. The van der Waals surface area contributed by atoms with Gasteiger partial charge in [0, 0.05) is 18.2 Å². The zero-order chi connectivity index (χ0) is 8.86. The molecular weight excluding hydrogens is 146 g/mol. The minimum absolute atomic E-state index is 0.180. The number of rotatable bonds is 2. The zero-order valence-corrected chi connectivity index (χ0v) is 7.96. The largest absolute Gasteiger partial charge is 0.297 e. The van der Waals surface area contributed by atoms with Crippen LogP contribution in [0.15, 0.2) is 29.3 Å². The van der Waals surface area contributed by atoms with Gasteiger partial charge in [-0.25, -0.2) is 0 Å². The highest BCUT2D eigenvalue weighted by Crippen LogP contribution is 2.25. The number of hydrogen-bond donors (Lipinski definition) is 0. The van der Waals surface area contributed by atoms with E-state index in [1.165, 1.54) is 6.42 Å². The van der Waals surface area contributed by atoms with Gasteiger partial charge in [0.1, 0.15) is 0 Å². The summed E-state index contributed by atoms with van der Waals surface area (Å²) >= 11 is 0. The molecule has 66 valence electrons. The molecule has 0 heterocycles. The van der Waals surface area contributed by atoms with Crippen molar-refractivity contribution in [2.24, 2.45) is 10.4 Å². The molecule has 1 aliphatic carbocycles. The summed E-state index contributed by atoms with van der Waals surface area (Å²) in [6, 6.07) is 0. The maximum atomic E-state index is 4.30. The molecule has 12 heavy (non-hydrogen) atoms. The van der Waals surface area contributed by atoms with E-state index in [0.29, 0.717) is 0 Å². The minimum Gasteiger partial charge on any atom is -0.297 e. The van der Waals surface area contributed by atoms with Crippen molar-refractivity contribution < 1.29 is 0 Å². The van der Waals surface area contributed by atoms with E-state index in [9.17, 15) is 0 Å². The lowest BCUT2D eigenvalue weighted by atomic mass is 9.87. The van der Waals surface area contributed by atoms with Crippen LogP contribution in [0.25, 0.3) is 0 Å². The Morgan fingerprint density at radius 2 is 2.33 bits per heavy atom. The first-order valence-electron chi connectivity index (χ1n) is 4.62. The van der Waals surface area contributed by atoms with Gasteiger partial charge in [-0.1, -0.05) is 31.2 Å².